The molecule has 2 N–H and O–H groups in total. The highest BCUT2D eigenvalue weighted by molar-refractivity contribution is 5.94. The summed E-state index contributed by atoms with van der Waals surface area (Å²) in [5.41, 5.74) is 4.09. The van der Waals surface area contributed by atoms with Gasteiger partial charge in [-0.1, -0.05) is 75.7 Å². The van der Waals surface area contributed by atoms with E-state index in [-0.39, 0.29) is 12.3 Å². The van der Waals surface area contributed by atoms with Gasteiger partial charge in [-0.05, 0) is 92.3 Å². The molecular formula is C36H46N2O4. The van der Waals surface area contributed by atoms with E-state index in [9.17, 15) is 14.7 Å². The molecule has 2 aromatic carbocycles. The van der Waals surface area contributed by atoms with Crippen LogP contribution in [0.15, 0.2) is 66.7 Å². The second kappa shape index (κ2) is 17.1. The Morgan fingerprint density at radius 1 is 0.857 bits per heavy atom. The molecule has 0 saturated carbocycles. The fourth-order valence-corrected chi connectivity index (χ4v) is 4.93. The van der Waals surface area contributed by atoms with Crippen LogP contribution in [0.1, 0.15) is 94.5 Å². The van der Waals surface area contributed by atoms with E-state index < -0.39 is 11.4 Å². The Bertz CT molecular complexity index is 1300. The van der Waals surface area contributed by atoms with Crippen molar-refractivity contribution in [2.75, 3.05) is 11.9 Å². The molecule has 0 bridgehead atoms. The summed E-state index contributed by atoms with van der Waals surface area (Å²) in [6, 6.07) is 22.2. The summed E-state index contributed by atoms with van der Waals surface area (Å²) in [5, 5.41) is 12.5. The van der Waals surface area contributed by atoms with E-state index in [0.29, 0.717) is 31.0 Å². The molecular weight excluding hydrogens is 524 g/mol. The molecule has 0 saturated heterocycles. The minimum absolute atomic E-state index is 0.0565. The van der Waals surface area contributed by atoms with Crippen molar-refractivity contribution in [3.8, 4) is 5.88 Å². The van der Waals surface area contributed by atoms with Gasteiger partial charge in [-0.15, -0.1) is 0 Å². The second-order valence-electron chi connectivity index (χ2n) is 11.0. The van der Waals surface area contributed by atoms with Crippen LogP contribution >= 0.6 is 0 Å². The molecule has 0 aliphatic carbocycles. The summed E-state index contributed by atoms with van der Waals surface area (Å²) in [5.74, 6) is -0.628. The Balaban J connectivity index is 1.44. The first kappa shape index (κ1) is 32.6. The fraction of sp³-hybridized carbons (Fsp3) is 0.417. The zero-order valence-electron chi connectivity index (χ0n) is 25.4. The van der Waals surface area contributed by atoms with E-state index in [1.807, 2.05) is 48.6 Å². The molecule has 42 heavy (non-hydrogen) atoms. The average molecular weight is 571 g/mol. The number of carboxylic acid groups (broad SMARTS) is 1. The van der Waals surface area contributed by atoms with Crippen molar-refractivity contribution >= 4 is 29.7 Å². The Hall–Kier alpha value is -3.93. The number of hydrogen-bond donors (Lipinski definition) is 2. The molecule has 0 aliphatic heterocycles. The van der Waals surface area contributed by atoms with Crippen molar-refractivity contribution < 1.29 is 19.4 Å². The van der Waals surface area contributed by atoms with Crippen molar-refractivity contribution in [1.82, 2.24) is 4.98 Å². The normalized spacial score (nSPS) is 11.5. The van der Waals surface area contributed by atoms with E-state index in [0.717, 1.165) is 36.9 Å². The number of ether oxygens (including phenoxy) is 1. The fourth-order valence-electron chi connectivity index (χ4n) is 4.93. The number of pyridine rings is 1. The van der Waals surface area contributed by atoms with Crippen molar-refractivity contribution in [2.45, 2.75) is 85.0 Å². The number of benzene rings is 2. The molecule has 1 heterocycles. The van der Waals surface area contributed by atoms with Crippen LogP contribution in [0.3, 0.4) is 0 Å². The van der Waals surface area contributed by atoms with Gasteiger partial charge >= 0.3 is 5.97 Å². The predicted molar refractivity (Wildman–Crippen MR) is 172 cm³/mol. The highest BCUT2D eigenvalue weighted by Crippen LogP contribution is 2.31. The van der Waals surface area contributed by atoms with Gasteiger partial charge in [0, 0.05) is 18.2 Å². The van der Waals surface area contributed by atoms with Gasteiger partial charge in [-0.3, -0.25) is 9.59 Å². The zero-order valence-corrected chi connectivity index (χ0v) is 25.4. The molecule has 0 unspecified atom stereocenters. The molecule has 0 radical (unpaired) electrons. The van der Waals surface area contributed by atoms with Crippen LogP contribution < -0.4 is 10.1 Å². The van der Waals surface area contributed by atoms with Gasteiger partial charge in [-0.25, -0.2) is 4.98 Å². The van der Waals surface area contributed by atoms with Crippen LogP contribution in [-0.2, 0) is 22.4 Å². The summed E-state index contributed by atoms with van der Waals surface area (Å²) in [7, 11) is 0. The maximum Gasteiger partial charge on any atom is 0.310 e. The molecule has 0 aliphatic rings. The van der Waals surface area contributed by atoms with E-state index in [1.54, 1.807) is 19.9 Å². The van der Waals surface area contributed by atoms with E-state index >= 15 is 0 Å². The first-order valence-corrected chi connectivity index (χ1v) is 15.4. The summed E-state index contributed by atoms with van der Waals surface area (Å²) < 4.78 is 5.91. The first-order valence-electron chi connectivity index (χ1n) is 15.4. The first-order chi connectivity index (χ1) is 20.4. The maximum atomic E-state index is 12.6. The number of carbonyl (C=O) groups is 2. The minimum atomic E-state index is -1.04. The van der Waals surface area contributed by atoms with Crippen molar-refractivity contribution in [2.24, 2.45) is 5.41 Å². The van der Waals surface area contributed by atoms with Crippen LogP contribution in [-0.4, -0.2) is 28.6 Å². The molecule has 0 atom stereocenters. The minimum Gasteiger partial charge on any atom is -0.481 e. The lowest BCUT2D eigenvalue weighted by Gasteiger charge is -2.25. The molecule has 6 heteroatoms. The van der Waals surface area contributed by atoms with E-state index in [2.05, 4.69) is 41.5 Å². The Labute approximate surface area is 251 Å². The SMILES string of the molecule is CCCCc1ccc(CCCCCOc2cccc(/C=C/c3cccc(NC(=O)CC(CC)(CC)C(=O)O)c3)n2)cc1. The van der Waals surface area contributed by atoms with Crippen LogP contribution in [0, 0.1) is 5.41 Å². The molecule has 3 aromatic rings. The van der Waals surface area contributed by atoms with Gasteiger partial charge in [-0.2, -0.15) is 0 Å². The Kier molecular flexibility index (Phi) is 13.3. The molecule has 0 spiro atoms. The number of hydrogen-bond acceptors (Lipinski definition) is 4. The van der Waals surface area contributed by atoms with Crippen molar-refractivity contribution in [1.29, 1.82) is 0 Å². The lowest BCUT2D eigenvalue weighted by atomic mass is 9.79. The third-order valence-electron chi connectivity index (χ3n) is 7.87. The van der Waals surface area contributed by atoms with E-state index in [1.165, 1.54) is 30.4 Å². The number of rotatable bonds is 18. The predicted octanol–water partition coefficient (Wildman–Crippen LogP) is 8.61. The van der Waals surface area contributed by atoms with Crippen LogP contribution in [0.5, 0.6) is 5.88 Å². The maximum absolute atomic E-state index is 12.6. The number of nitrogens with zero attached hydrogens (tertiary/aromatic N) is 1. The second-order valence-corrected chi connectivity index (χ2v) is 11.0. The number of anilines is 1. The van der Waals surface area contributed by atoms with Gasteiger partial charge in [0.05, 0.1) is 17.7 Å². The van der Waals surface area contributed by atoms with E-state index in [4.69, 9.17) is 4.74 Å². The number of aliphatic carboxylic acids is 1. The topological polar surface area (TPSA) is 88.5 Å². The third-order valence-corrected chi connectivity index (χ3v) is 7.87. The molecule has 1 aromatic heterocycles. The van der Waals surface area contributed by atoms with Crippen molar-refractivity contribution in [3.63, 3.8) is 0 Å². The number of amides is 1. The van der Waals surface area contributed by atoms with Gasteiger partial charge in [0.15, 0.2) is 0 Å². The van der Waals surface area contributed by atoms with Crippen LogP contribution in [0.4, 0.5) is 5.69 Å². The lowest BCUT2D eigenvalue weighted by Crippen LogP contribution is -2.34. The number of unbranched alkanes of at least 4 members (excludes halogenated alkanes) is 3. The molecule has 3 rings (SSSR count). The lowest BCUT2D eigenvalue weighted by molar-refractivity contribution is -0.151. The number of aryl methyl sites for hydroxylation is 2. The number of carbonyl (C=O) groups excluding carboxylic acids is 1. The Morgan fingerprint density at radius 2 is 1.55 bits per heavy atom. The Morgan fingerprint density at radius 3 is 2.21 bits per heavy atom. The molecule has 224 valence electrons. The summed E-state index contributed by atoms with van der Waals surface area (Å²) in [6.07, 6.45) is 12.6. The largest absolute Gasteiger partial charge is 0.481 e. The molecule has 0 fully saturated rings. The van der Waals surface area contributed by atoms with Crippen LogP contribution in [0.25, 0.3) is 12.2 Å². The van der Waals surface area contributed by atoms with Crippen LogP contribution in [0.2, 0.25) is 0 Å². The summed E-state index contributed by atoms with van der Waals surface area (Å²) in [4.78, 5) is 29.0. The number of aromatic nitrogens is 1. The molecule has 6 nitrogen and oxygen atoms in total. The zero-order chi connectivity index (χ0) is 30.2. The highest BCUT2D eigenvalue weighted by Gasteiger charge is 2.37. The quantitative estimate of drug-likeness (QED) is 0.150. The van der Waals surface area contributed by atoms with Gasteiger partial charge in [0.1, 0.15) is 0 Å². The monoisotopic (exact) mass is 570 g/mol. The standard InChI is InChI=1S/C36H46N2O4/c1-4-7-13-28-19-21-29(22-20-28)14-9-8-10-25-42-34-18-12-16-31(38-34)24-23-30-15-11-17-32(26-30)37-33(39)27-36(5-2,6-3)35(40)41/h11-12,15-24,26H,4-10,13-14,25,27H2,1-3H3,(H,37,39)(H,40,41)/b24-23+. The number of nitrogens with one attached hydrogen (secondary N) is 1. The van der Waals surface area contributed by atoms with Gasteiger partial charge < -0.3 is 15.2 Å². The average Bonchev–Trinajstić information content (AvgIpc) is 3.00. The highest BCUT2D eigenvalue weighted by atomic mass is 16.5. The van der Waals surface area contributed by atoms with Gasteiger partial charge in [0.2, 0.25) is 11.8 Å². The van der Waals surface area contributed by atoms with Gasteiger partial charge in [0.25, 0.3) is 0 Å². The van der Waals surface area contributed by atoms with Crippen molar-refractivity contribution in [3.05, 3.63) is 89.1 Å². The summed E-state index contributed by atoms with van der Waals surface area (Å²) >= 11 is 0. The third kappa shape index (κ3) is 10.5. The molecule has 1 amide bonds. The smallest absolute Gasteiger partial charge is 0.310 e. The number of carboxylic acids is 1. The summed E-state index contributed by atoms with van der Waals surface area (Å²) in [6.45, 7) is 6.48.